The first kappa shape index (κ1) is 15.4. The van der Waals surface area contributed by atoms with Gasteiger partial charge in [-0.05, 0) is 19.8 Å². The zero-order chi connectivity index (χ0) is 13.2. The van der Waals surface area contributed by atoms with E-state index >= 15 is 0 Å². The first-order valence-electron chi connectivity index (χ1n) is 7.24. The smallest absolute Gasteiger partial charge is 0.234 e. The minimum atomic E-state index is 0.0709. The van der Waals surface area contributed by atoms with Gasteiger partial charge in [0.15, 0.2) is 0 Å². The molecule has 1 rings (SSSR count). The molecule has 0 aromatic heterocycles. The lowest BCUT2D eigenvalue weighted by atomic mass is 9.97. The summed E-state index contributed by atoms with van der Waals surface area (Å²) in [7, 11) is 1.65. The molecule has 2 N–H and O–H groups in total. The van der Waals surface area contributed by atoms with Crippen molar-refractivity contribution in [1.82, 2.24) is 10.6 Å². The Balaban J connectivity index is 2.15. The SMILES string of the molecule is COCC(C)NC(=O)CNC1CCCCCCC1. The molecular formula is C14H28N2O2. The van der Waals surface area contributed by atoms with Gasteiger partial charge in [-0.2, -0.15) is 0 Å². The minimum Gasteiger partial charge on any atom is -0.383 e. The highest BCUT2D eigenvalue weighted by Crippen LogP contribution is 2.16. The second-order valence-electron chi connectivity index (χ2n) is 5.35. The third kappa shape index (κ3) is 6.97. The highest BCUT2D eigenvalue weighted by Gasteiger charge is 2.13. The number of ether oxygens (including phenoxy) is 1. The van der Waals surface area contributed by atoms with Crippen LogP contribution in [0.3, 0.4) is 0 Å². The van der Waals surface area contributed by atoms with E-state index in [9.17, 15) is 4.79 Å². The van der Waals surface area contributed by atoms with Crippen molar-refractivity contribution in [3.05, 3.63) is 0 Å². The third-order valence-electron chi connectivity index (χ3n) is 3.48. The van der Waals surface area contributed by atoms with Crippen LogP contribution in [0, 0.1) is 0 Å². The van der Waals surface area contributed by atoms with E-state index in [-0.39, 0.29) is 11.9 Å². The first-order valence-corrected chi connectivity index (χ1v) is 7.24. The van der Waals surface area contributed by atoms with Crippen molar-refractivity contribution in [1.29, 1.82) is 0 Å². The molecule has 0 aromatic rings. The molecule has 1 fully saturated rings. The van der Waals surface area contributed by atoms with Crippen LogP contribution >= 0.6 is 0 Å². The predicted molar refractivity (Wildman–Crippen MR) is 73.6 cm³/mol. The molecule has 0 heterocycles. The fourth-order valence-electron chi connectivity index (χ4n) is 2.51. The normalized spacial score (nSPS) is 19.9. The molecule has 1 aliphatic rings. The first-order chi connectivity index (χ1) is 8.72. The Morgan fingerprint density at radius 1 is 1.22 bits per heavy atom. The molecule has 1 aliphatic carbocycles. The standard InChI is InChI=1S/C14H28N2O2/c1-12(11-18-2)16-14(17)10-15-13-8-6-4-3-5-7-9-13/h12-13,15H,3-11H2,1-2H3,(H,16,17). The van der Waals surface area contributed by atoms with Crippen LogP contribution < -0.4 is 10.6 Å². The molecule has 0 aliphatic heterocycles. The van der Waals surface area contributed by atoms with Gasteiger partial charge in [0.2, 0.25) is 5.91 Å². The van der Waals surface area contributed by atoms with Crippen LogP contribution in [0.15, 0.2) is 0 Å². The molecule has 1 amide bonds. The number of nitrogens with one attached hydrogen (secondary N) is 2. The van der Waals surface area contributed by atoms with Crippen LogP contribution in [0.5, 0.6) is 0 Å². The van der Waals surface area contributed by atoms with E-state index in [1.807, 2.05) is 6.92 Å². The maximum absolute atomic E-state index is 11.7. The monoisotopic (exact) mass is 256 g/mol. The van der Waals surface area contributed by atoms with Crippen LogP contribution in [0.2, 0.25) is 0 Å². The zero-order valence-corrected chi connectivity index (χ0v) is 11.8. The lowest BCUT2D eigenvalue weighted by Gasteiger charge is -2.21. The summed E-state index contributed by atoms with van der Waals surface area (Å²) in [5, 5.41) is 6.31. The van der Waals surface area contributed by atoms with E-state index in [1.165, 1.54) is 44.9 Å². The lowest BCUT2D eigenvalue weighted by molar-refractivity contribution is -0.121. The van der Waals surface area contributed by atoms with E-state index in [0.717, 1.165) is 0 Å². The van der Waals surface area contributed by atoms with Crippen molar-refractivity contribution in [2.75, 3.05) is 20.3 Å². The van der Waals surface area contributed by atoms with E-state index in [0.29, 0.717) is 19.2 Å². The molecule has 106 valence electrons. The largest absolute Gasteiger partial charge is 0.383 e. The predicted octanol–water partition coefficient (Wildman–Crippen LogP) is 1.84. The Kier molecular flexibility index (Phi) is 8.01. The van der Waals surface area contributed by atoms with Crippen LogP contribution in [-0.4, -0.2) is 38.3 Å². The topological polar surface area (TPSA) is 50.4 Å². The molecule has 0 radical (unpaired) electrons. The summed E-state index contributed by atoms with van der Waals surface area (Å²) < 4.78 is 4.99. The second kappa shape index (κ2) is 9.34. The van der Waals surface area contributed by atoms with Crippen molar-refractivity contribution in [2.45, 2.75) is 64.0 Å². The summed E-state index contributed by atoms with van der Waals surface area (Å²) in [6.45, 7) is 2.95. The second-order valence-corrected chi connectivity index (χ2v) is 5.35. The maximum Gasteiger partial charge on any atom is 0.234 e. The van der Waals surface area contributed by atoms with Gasteiger partial charge in [0, 0.05) is 19.2 Å². The molecule has 1 atom stereocenters. The Bertz CT molecular complexity index is 226. The summed E-state index contributed by atoms with van der Waals surface area (Å²) in [5.41, 5.74) is 0. The van der Waals surface area contributed by atoms with Gasteiger partial charge in [-0.25, -0.2) is 0 Å². The van der Waals surface area contributed by atoms with Gasteiger partial charge in [-0.1, -0.05) is 32.1 Å². The van der Waals surface area contributed by atoms with Crippen molar-refractivity contribution in [3.63, 3.8) is 0 Å². The molecule has 0 bridgehead atoms. The molecule has 1 saturated carbocycles. The molecule has 4 heteroatoms. The van der Waals surface area contributed by atoms with Gasteiger partial charge in [0.1, 0.15) is 0 Å². The molecule has 1 unspecified atom stereocenters. The van der Waals surface area contributed by atoms with Crippen molar-refractivity contribution in [3.8, 4) is 0 Å². The number of methoxy groups -OCH3 is 1. The fraction of sp³-hybridized carbons (Fsp3) is 0.929. The van der Waals surface area contributed by atoms with E-state index < -0.39 is 0 Å². The zero-order valence-electron chi connectivity index (χ0n) is 11.8. The maximum atomic E-state index is 11.7. The number of hydrogen-bond donors (Lipinski definition) is 2. The van der Waals surface area contributed by atoms with Crippen molar-refractivity contribution >= 4 is 5.91 Å². The van der Waals surface area contributed by atoms with Gasteiger partial charge < -0.3 is 15.4 Å². The molecule has 0 saturated heterocycles. The number of hydrogen-bond acceptors (Lipinski definition) is 3. The molecule has 0 spiro atoms. The Hall–Kier alpha value is -0.610. The van der Waals surface area contributed by atoms with Gasteiger partial charge in [0.25, 0.3) is 0 Å². The van der Waals surface area contributed by atoms with Gasteiger partial charge in [-0.3, -0.25) is 4.79 Å². The van der Waals surface area contributed by atoms with Crippen molar-refractivity contribution < 1.29 is 9.53 Å². The number of amides is 1. The molecule has 0 aromatic carbocycles. The van der Waals surface area contributed by atoms with Crippen LogP contribution in [-0.2, 0) is 9.53 Å². The van der Waals surface area contributed by atoms with E-state index in [2.05, 4.69) is 10.6 Å². The third-order valence-corrected chi connectivity index (χ3v) is 3.48. The summed E-state index contributed by atoms with van der Waals surface area (Å²) >= 11 is 0. The molecule has 4 nitrogen and oxygen atoms in total. The highest BCUT2D eigenvalue weighted by atomic mass is 16.5. The summed E-state index contributed by atoms with van der Waals surface area (Å²) in [4.78, 5) is 11.7. The average Bonchev–Trinajstić information content (AvgIpc) is 2.27. The van der Waals surface area contributed by atoms with Crippen LogP contribution in [0.1, 0.15) is 51.9 Å². The van der Waals surface area contributed by atoms with Crippen molar-refractivity contribution in [2.24, 2.45) is 0 Å². The minimum absolute atomic E-state index is 0.0709. The van der Waals surface area contributed by atoms with Crippen LogP contribution in [0.4, 0.5) is 0 Å². The Morgan fingerprint density at radius 3 is 2.44 bits per heavy atom. The van der Waals surface area contributed by atoms with Gasteiger partial charge >= 0.3 is 0 Å². The van der Waals surface area contributed by atoms with E-state index in [4.69, 9.17) is 4.74 Å². The highest BCUT2D eigenvalue weighted by molar-refractivity contribution is 5.78. The number of carbonyl (C=O) groups is 1. The molecular weight excluding hydrogens is 228 g/mol. The average molecular weight is 256 g/mol. The Labute approximate surface area is 111 Å². The summed E-state index contributed by atoms with van der Waals surface area (Å²) in [5.74, 6) is 0.0709. The summed E-state index contributed by atoms with van der Waals surface area (Å²) in [6, 6.07) is 0.607. The van der Waals surface area contributed by atoms with Gasteiger partial charge in [0.05, 0.1) is 13.2 Å². The number of carbonyl (C=O) groups excluding carboxylic acids is 1. The lowest BCUT2D eigenvalue weighted by Crippen LogP contribution is -2.43. The van der Waals surface area contributed by atoms with Gasteiger partial charge in [-0.15, -0.1) is 0 Å². The summed E-state index contributed by atoms with van der Waals surface area (Å²) in [6.07, 6.45) is 9.06. The van der Waals surface area contributed by atoms with E-state index in [1.54, 1.807) is 7.11 Å². The van der Waals surface area contributed by atoms with Crippen LogP contribution in [0.25, 0.3) is 0 Å². The fourth-order valence-corrected chi connectivity index (χ4v) is 2.51. The Morgan fingerprint density at radius 2 is 1.83 bits per heavy atom. The molecule has 18 heavy (non-hydrogen) atoms. The quantitative estimate of drug-likeness (QED) is 0.762. The number of rotatable bonds is 6.